The lowest BCUT2D eigenvalue weighted by atomic mass is 10.0. The summed E-state index contributed by atoms with van der Waals surface area (Å²) in [5.74, 6) is -0.383. The van der Waals surface area contributed by atoms with Crippen LogP contribution in [0.5, 0.6) is 0 Å². The van der Waals surface area contributed by atoms with Crippen LogP contribution >= 0.6 is 0 Å². The zero-order chi connectivity index (χ0) is 28.0. The molecule has 40 heavy (non-hydrogen) atoms. The summed E-state index contributed by atoms with van der Waals surface area (Å²) in [6.07, 6.45) is 4.52. The SMILES string of the molecule is CC(C)(C)OC(=O)N1CCc2c(c3cc(Nc4ncc(F)c(-c5cnc6cccnn56)n4)ccc3n2CCO)C1. The number of fused-ring (bicyclic) bond motifs is 4. The molecule has 5 aromatic rings. The van der Waals surface area contributed by atoms with Gasteiger partial charge in [0.25, 0.3) is 0 Å². The highest BCUT2D eigenvalue weighted by atomic mass is 19.1. The smallest absolute Gasteiger partial charge is 0.410 e. The van der Waals surface area contributed by atoms with Crippen LogP contribution in [0.15, 0.2) is 48.9 Å². The highest BCUT2D eigenvalue weighted by Gasteiger charge is 2.29. The maximum absolute atomic E-state index is 14.8. The quantitative estimate of drug-likeness (QED) is 0.336. The second-order valence-corrected chi connectivity index (χ2v) is 10.6. The fourth-order valence-corrected chi connectivity index (χ4v) is 5.09. The van der Waals surface area contributed by atoms with Crippen LogP contribution in [0, 0.1) is 5.82 Å². The third-order valence-electron chi connectivity index (χ3n) is 6.75. The van der Waals surface area contributed by atoms with Crippen molar-refractivity contribution in [3.8, 4) is 11.4 Å². The zero-order valence-electron chi connectivity index (χ0n) is 22.4. The Morgan fingerprint density at radius 1 is 1.20 bits per heavy atom. The molecule has 0 unspecified atom stereocenters. The van der Waals surface area contributed by atoms with Gasteiger partial charge in [-0.1, -0.05) is 0 Å². The number of carbonyl (C=O) groups is 1. The van der Waals surface area contributed by atoms with Gasteiger partial charge >= 0.3 is 6.09 Å². The van der Waals surface area contributed by atoms with E-state index in [2.05, 4.69) is 29.9 Å². The van der Waals surface area contributed by atoms with Gasteiger partial charge in [-0.25, -0.2) is 28.7 Å². The molecule has 5 heterocycles. The number of ether oxygens (including phenoxy) is 1. The lowest BCUT2D eigenvalue weighted by molar-refractivity contribution is 0.0223. The van der Waals surface area contributed by atoms with Crippen molar-refractivity contribution < 1.29 is 19.0 Å². The van der Waals surface area contributed by atoms with Gasteiger partial charge in [0, 0.05) is 53.6 Å². The topological polar surface area (TPSA) is 123 Å². The first-order chi connectivity index (χ1) is 19.2. The summed E-state index contributed by atoms with van der Waals surface area (Å²) in [5.41, 5.74) is 4.20. The number of hydrogen-bond donors (Lipinski definition) is 2. The van der Waals surface area contributed by atoms with Crippen molar-refractivity contribution in [3.63, 3.8) is 0 Å². The lowest BCUT2D eigenvalue weighted by Gasteiger charge is -2.30. The Kier molecular flexibility index (Phi) is 6.34. The van der Waals surface area contributed by atoms with Gasteiger partial charge in [0.2, 0.25) is 5.95 Å². The molecular weight excluding hydrogens is 515 g/mol. The number of anilines is 2. The van der Waals surface area contributed by atoms with Crippen molar-refractivity contribution in [1.82, 2.24) is 34.0 Å². The molecule has 1 aromatic carbocycles. The number of amides is 1. The minimum absolute atomic E-state index is 0.00364. The largest absolute Gasteiger partial charge is 0.444 e. The summed E-state index contributed by atoms with van der Waals surface area (Å²) in [6.45, 7) is 6.90. The Morgan fingerprint density at radius 2 is 2.05 bits per heavy atom. The number of halogens is 1. The minimum Gasteiger partial charge on any atom is -0.444 e. The van der Waals surface area contributed by atoms with Gasteiger partial charge in [-0.3, -0.25) is 0 Å². The van der Waals surface area contributed by atoms with Crippen molar-refractivity contribution in [3.05, 3.63) is 66.0 Å². The highest BCUT2D eigenvalue weighted by molar-refractivity contribution is 5.90. The Hall–Kier alpha value is -4.58. The van der Waals surface area contributed by atoms with Crippen molar-refractivity contribution in [1.29, 1.82) is 0 Å². The average molecular weight is 545 g/mol. The van der Waals surface area contributed by atoms with Crippen LogP contribution in [-0.4, -0.2) is 64.0 Å². The van der Waals surface area contributed by atoms with Crippen LogP contribution in [0.1, 0.15) is 32.0 Å². The number of nitrogens with one attached hydrogen (secondary N) is 1. The molecule has 1 amide bonds. The molecule has 206 valence electrons. The molecule has 0 atom stereocenters. The first-order valence-corrected chi connectivity index (χ1v) is 13.0. The summed E-state index contributed by atoms with van der Waals surface area (Å²) in [5, 5.41) is 18.1. The molecule has 0 saturated heterocycles. The number of imidazole rings is 1. The number of aliphatic hydroxyl groups is 1. The van der Waals surface area contributed by atoms with Crippen LogP contribution in [0.3, 0.4) is 0 Å². The van der Waals surface area contributed by atoms with Gasteiger partial charge in [0.1, 0.15) is 17.0 Å². The molecule has 0 aliphatic carbocycles. The molecule has 0 saturated carbocycles. The molecule has 4 aromatic heterocycles. The first-order valence-electron chi connectivity index (χ1n) is 13.0. The van der Waals surface area contributed by atoms with Gasteiger partial charge in [-0.2, -0.15) is 5.10 Å². The van der Waals surface area contributed by atoms with Gasteiger partial charge < -0.3 is 24.6 Å². The van der Waals surface area contributed by atoms with Crippen molar-refractivity contribution >= 4 is 34.3 Å². The number of rotatable bonds is 5. The van der Waals surface area contributed by atoms with E-state index < -0.39 is 11.4 Å². The maximum atomic E-state index is 14.8. The second-order valence-electron chi connectivity index (χ2n) is 10.6. The third-order valence-corrected chi connectivity index (χ3v) is 6.75. The van der Waals surface area contributed by atoms with Gasteiger partial charge in [0.05, 0.1) is 25.5 Å². The fourth-order valence-electron chi connectivity index (χ4n) is 5.09. The average Bonchev–Trinajstić information content (AvgIpc) is 3.48. The van der Waals surface area contributed by atoms with E-state index >= 15 is 0 Å². The van der Waals surface area contributed by atoms with Gasteiger partial charge in [-0.15, -0.1) is 0 Å². The van der Waals surface area contributed by atoms with E-state index in [1.807, 2.05) is 39.0 Å². The fraction of sp³-hybridized carbons (Fsp3) is 0.321. The van der Waals surface area contributed by atoms with Crippen LogP contribution in [-0.2, 0) is 24.2 Å². The number of nitrogens with zero attached hydrogens (tertiary/aromatic N) is 7. The molecule has 1 aliphatic heterocycles. The summed E-state index contributed by atoms with van der Waals surface area (Å²) in [4.78, 5) is 27.4. The Bertz CT molecular complexity index is 1740. The molecule has 2 N–H and O–H groups in total. The number of carbonyl (C=O) groups excluding carboxylic acids is 1. The molecule has 0 fully saturated rings. The first kappa shape index (κ1) is 25.7. The highest BCUT2D eigenvalue weighted by Crippen LogP contribution is 2.34. The summed E-state index contributed by atoms with van der Waals surface area (Å²) in [6, 6.07) is 9.34. The molecule has 0 radical (unpaired) electrons. The molecular formula is C28H29FN8O3. The van der Waals surface area contributed by atoms with Crippen LogP contribution in [0.2, 0.25) is 0 Å². The summed E-state index contributed by atoms with van der Waals surface area (Å²) in [7, 11) is 0. The van der Waals surface area contributed by atoms with Crippen molar-refractivity contribution in [2.45, 2.75) is 45.9 Å². The molecule has 0 spiro atoms. The number of benzene rings is 1. The Balaban J connectivity index is 1.34. The Morgan fingerprint density at radius 3 is 2.85 bits per heavy atom. The van der Waals surface area contributed by atoms with Gasteiger partial charge in [0.15, 0.2) is 11.5 Å². The second kappa shape index (κ2) is 9.87. The van der Waals surface area contributed by atoms with E-state index in [-0.39, 0.29) is 24.3 Å². The van der Waals surface area contributed by atoms with Crippen molar-refractivity contribution in [2.75, 3.05) is 18.5 Å². The van der Waals surface area contributed by atoms with Crippen LogP contribution < -0.4 is 5.32 Å². The monoisotopic (exact) mass is 544 g/mol. The lowest BCUT2D eigenvalue weighted by Crippen LogP contribution is -2.40. The standard InChI is InChI=1S/C28H29FN8O3/c1-28(2,3)40-27(39)35-10-8-22-19(16-35)18-13-17(6-7-21(18)36(22)11-12-38)33-26-31-14-20(29)25(34-26)23-15-30-24-5-4-9-32-37(23)24/h4-7,9,13-15,38H,8,10-12,16H2,1-3H3,(H,31,33,34). The zero-order valence-corrected chi connectivity index (χ0v) is 22.4. The maximum Gasteiger partial charge on any atom is 0.410 e. The number of aliphatic hydroxyl groups excluding tert-OH is 1. The minimum atomic E-state index is -0.592. The van der Waals surface area contributed by atoms with E-state index in [0.717, 1.165) is 28.4 Å². The molecule has 0 bridgehead atoms. The predicted octanol–water partition coefficient (Wildman–Crippen LogP) is 4.31. The molecule has 1 aliphatic rings. The van der Waals surface area contributed by atoms with E-state index in [4.69, 9.17) is 4.74 Å². The third kappa shape index (κ3) is 4.70. The van der Waals surface area contributed by atoms with Gasteiger partial charge in [-0.05, 0) is 51.1 Å². The van der Waals surface area contributed by atoms with E-state index in [1.54, 1.807) is 23.2 Å². The molecule has 6 rings (SSSR count). The summed E-state index contributed by atoms with van der Waals surface area (Å²) < 4.78 is 24.0. The predicted molar refractivity (Wildman–Crippen MR) is 147 cm³/mol. The van der Waals surface area contributed by atoms with Crippen LogP contribution in [0.25, 0.3) is 27.9 Å². The number of hydrogen-bond acceptors (Lipinski definition) is 8. The van der Waals surface area contributed by atoms with Crippen LogP contribution in [0.4, 0.5) is 20.8 Å². The van der Waals surface area contributed by atoms with E-state index in [1.165, 1.54) is 10.7 Å². The molecule has 11 nitrogen and oxygen atoms in total. The van der Waals surface area contributed by atoms with E-state index in [0.29, 0.717) is 43.1 Å². The van der Waals surface area contributed by atoms with Crippen molar-refractivity contribution in [2.24, 2.45) is 0 Å². The van der Waals surface area contributed by atoms with E-state index in [9.17, 15) is 14.3 Å². The number of aromatic nitrogens is 6. The Labute approximate surface area is 229 Å². The normalized spacial score (nSPS) is 13.6. The summed E-state index contributed by atoms with van der Waals surface area (Å²) >= 11 is 0. The molecule has 12 heteroatoms.